The Kier molecular flexibility index (Phi) is 6.40. The van der Waals surface area contributed by atoms with E-state index in [-0.39, 0.29) is 17.5 Å². The summed E-state index contributed by atoms with van der Waals surface area (Å²) in [6.07, 6.45) is 3.03. The lowest BCUT2D eigenvalue weighted by molar-refractivity contribution is 0.0949. The molecule has 168 valence electrons. The van der Waals surface area contributed by atoms with E-state index in [9.17, 15) is 13.5 Å². The summed E-state index contributed by atoms with van der Waals surface area (Å²) in [4.78, 5) is 8.58. The minimum absolute atomic E-state index is 0.0230. The average molecular weight is 455 g/mol. The van der Waals surface area contributed by atoms with Gasteiger partial charge in [0.1, 0.15) is 5.82 Å². The van der Waals surface area contributed by atoms with Gasteiger partial charge in [-0.1, -0.05) is 18.2 Å². The number of nitrogens with zero attached hydrogens (tertiary/aromatic N) is 3. The fraction of sp³-hybridized carbons (Fsp3) is 0.304. The van der Waals surface area contributed by atoms with Crippen LogP contribution in [0.2, 0.25) is 0 Å². The lowest BCUT2D eigenvalue weighted by Crippen LogP contribution is -2.51. The number of piperidine rings is 1. The van der Waals surface area contributed by atoms with Crippen LogP contribution in [0.15, 0.2) is 65.8 Å². The fourth-order valence-corrected chi connectivity index (χ4v) is 5.17. The highest BCUT2D eigenvalue weighted by Crippen LogP contribution is 2.27. The van der Waals surface area contributed by atoms with E-state index in [1.54, 1.807) is 49.8 Å². The van der Waals surface area contributed by atoms with Crippen LogP contribution in [0, 0.1) is 6.92 Å². The summed E-state index contributed by atoms with van der Waals surface area (Å²) in [6, 6.07) is 13.8. The molecule has 1 fully saturated rings. The molecule has 1 saturated heterocycles. The standard InChI is InChI=1S/C23H26N4O4S/c1-16-3-8-22(25-14-16)26-20-10-12-27(15-21(20)28)32(29,30)19-6-4-17(5-7-19)18-9-11-24-23(13-18)31-2/h3-9,11,13-14,20-21,28H,10,12,15H2,1-2H3,(H,25,26)/t20-,21+/m1/s1. The number of anilines is 1. The first-order valence-corrected chi connectivity index (χ1v) is 11.8. The first kappa shape index (κ1) is 22.2. The predicted octanol–water partition coefficient (Wildman–Crippen LogP) is 2.70. The van der Waals surface area contributed by atoms with Crippen LogP contribution in [0.1, 0.15) is 12.0 Å². The van der Waals surface area contributed by atoms with E-state index in [2.05, 4.69) is 15.3 Å². The molecule has 3 heterocycles. The van der Waals surface area contributed by atoms with Crippen LogP contribution < -0.4 is 10.1 Å². The van der Waals surface area contributed by atoms with Gasteiger partial charge in [-0.2, -0.15) is 4.31 Å². The van der Waals surface area contributed by atoms with Gasteiger partial charge in [-0.3, -0.25) is 0 Å². The van der Waals surface area contributed by atoms with E-state index in [0.29, 0.717) is 24.7 Å². The SMILES string of the molecule is COc1cc(-c2ccc(S(=O)(=O)N3CC[C@@H](Nc4ccc(C)cn4)[C@@H](O)C3)cc2)ccn1. The molecule has 32 heavy (non-hydrogen) atoms. The molecule has 4 rings (SSSR count). The summed E-state index contributed by atoms with van der Waals surface area (Å²) in [5, 5.41) is 13.8. The Hall–Kier alpha value is -3.01. The van der Waals surface area contributed by atoms with E-state index < -0.39 is 16.1 Å². The second-order valence-corrected chi connectivity index (χ2v) is 9.74. The van der Waals surface area contributed by atoms with Gasteiger partial charge < -0.3 is 15.2 Å². The molecule has 2 aromatic heterocycles. The van der Waals surface area contributed by atoms with Gasteiger partial charge in [-0.05, 0) is 54.3 Å². The fourth-order valence-electron chi connectivity index (χ4n) is 3.70. The Labute approximate surface area is 188 Å². The third-order valence-corrected chi connectivity index (χ3v) is 7.44. The van der Waals surface area contributed by atoms with Gasteiger partial charge >= 0.3 is 0 Å². The van der Waals surface area contributed by atoms with Crippen LogP contribution in [0.5, 0.6) is 5.88 Å². The van der Waals surface area contributed by atoms with Crippen LogP contribution in [-0.2, 0) is 10.0 Å². The first-order chi connectivity index (χ1) is 15.4. The molecule has 9 heteroatoms. The van der Waals surface area contributed by atoms with Crippen molar-refractivity contribution in [2.24, 2.45) is 0 Å². The monoisotopic (exact) mass is 454 g/mol. The highest BCUT2D eigenvalue weighted by Gasteiger charge is 2.34. The Bertz CT molecular complexity index is 1170. The number of pyridine rings is 2. The van der Waals surface area contributed by atoms with Gasteiger partial charge in [-0.25, -0.2) is 18.4 Å². The summed E-state index contributed by atoms with van der Waals surface area (Å²) in [6.45, 7) is 2.29. The van der Waals surface area contributed by atoms with Gasteiger partial charge in [0.05, 0.1) is 24.2 Å². The van der Waals surface area contributed by atoms with Crippen LogP contribution in [-0.4, -0.2) is 60.1 Å². The normalized spacial score (nSPS) is 19.5. The first-order valence-electron chi connectivity index (χ1n) is 10.3. The Morgan fingerprint density at radius 1 is 1.09 bits per heavy atom. The van der Waals surface area contributed by atoms with Crippen LogP contribution in [0.4, 0.5) is 5.82 Å². The van der Waals surface area contributed by atoms with Crippen molar-refractivity contribution in [3.63, 3.8) is 0 Å². The minimum atomic E-state index is -3.72. The number of aliphatic hydroxyl groups is 1. The molecule has 1 aliphatic heterocycles. The molecule has 0 saturated carbocycles. The molecule has 8 nitrogen and oxygen atoms in total. The molecule has 0 bridgehead atoms. The van der Waals surface area contributed by atoms with E-state index in [1.165, 1.54) is 4.31 Å². The number of β-amino-alcohol motifs (C(OH)–C–C–N with tert-alkyl or cyclic N) is 1. The van der Waals surface area contributed by atoms with Gasteiger partial charge in [0.2, 0.25) is 15.9 Å². The van der Waals surface area contributed by atoms with Gasteiger partial charge in [0, 0.05) is 31.5 Å². The summed E-state index contributed by atoms with van der Waals surface area (Å²) in [5.41, 5.74) is 2.79. The zero-order valence-corrected chi connectivity index (χ0v) is 18.8. The zero-order valence-electron chi connectivity index (χ0n) is 18.0. The summed E-state index contributed by atoms with van der Waals surface area (Å²) < 4.78 is 32.8. The molecule has 1 aromatic carbocycles. The number of methoxy groups -OCH3 is 1. The molecule has 2 atom stereocenters. The number of hydrogen-bond acceptors (Lipinski definition) is 7. The van der Waals surface area contributed by atoms with E-state index in [4.69, 9.17) is 4.74 Å². The van der Waals surface area contributed by atoms with Crippen LogP contribution >= 0.6 is 0 Å². The Balaban J connectivity index is 1.45. The van der Waals surface area contributed by atoms with E-state index >= 15 is 0 Å². The average Bonchev–Trinajstić information content (AvgIpc) is 2.82. The van der Waals surface area contributed by atoms with Crippen molar-refractivity contribution in [2.75, 3.05) is 25.5 Å². The van der Waals surface area contributed by atoms with Crippen molar-refractivity contribution in [2.45, 2.75) is 30.4 Å². The Morgan fingerprint density at radius 3 is 2.53 bits per heavy atom. The smallest absolute Gasteiger partial charge is 0.243 e. The molecule has 0 amide bonds. The molecule has 3 aromatic rings. The van der Waals surface area contributed by atoms with Gasteiger partial charge in [-0.15, -0.1) is 0 Å². The second kappa shape index (κ2) is 9.23. The molecular formula is C23H26N4O4S. The summed E-state index contributed by atoms with van der Waals surface area (Å²) in [5.74, 6) is 1.16. The largest absolute Gasteiger partial charge is 0.481 e. The van der Waals surface area contributed by atoms with Gasteiger partial charge in [0.15, 0.2) is 0 Å². The van der Waals surface area contributed by atoms with Crippen molar-refractivity contribution in [3.8, 4) is 17.0 Å². The lowest BCUT2D eigenvalue weighted by Gasteiger charge is -2.35. The number of benzene rings is 1. The molecule has 1 aliphatic rings. The number of aromatic nitrogens is 2. The quantitative estimate of drug-likeness (QED) is 0.590. The second-order valence-electron chi connectivity index (χ2n) is 7.80. The van der Waals surface area contributed by atoms with Crippen LogP contribution in [0.3, 0.4) is 0 Å². The third-order valence-electron chi connectivity index (χ3n) is 5.56. The highest BCUT2D eigenvalue weighted by molar-refractivity contribution is 7.89. The number of aryl methyl sites for hydroxylation is 1. The predicted molar refractivity (Wildman–Crippen MR) is 122 cm³/mol. The van der Waals surface area contributed by atoms with E-state index in [1.807, 2.05) is 25.1 Å². The molecule has 0 unspecified atom stereocenters. The summed E-state index contributed by atoms with van der Waals surface area (Å²) in [7, 11) is -2.17. The van der Waals surface area contributed by atoms with Crippen molar-refractivity contribution in [1.29, 1.82) is 0 Å². The Morgan fingerprint density at radius 2 is 1.88 bits per heavy atom. The number of sulfonamides is 1. The number of ether oxygens (including phenoxy) is 1. The maximum absolute atomic E-state index is 13.1. The lowest BCUT2D eigenvalue weighted by atomic mass is 10.0. The van der Waals surface area contributed by atoms with Crippen molar-refractivity contribution in [3.05, 3.63) is 66.5 Å². The van der Waals surface area contributed by atoms with E-state index in [0.717, 1.165) is 16.7 Å². The molecular weight excluding hydrogens is 428 g/mol. The third kappa shape index (κ3) is 4.74. The topological polar surface area (TPSA) is 105 Å². The highest BCUT2D eigenvalue weighted by atomic mass is 32.2. The number of hydrogen-bond donors (Lipinski definition) is 2. The maximum Gasteiger partial charge on any atom is 0.243 e. The van der Waals surface area contributed by atoms with Crippen molar-refractivity contribution in [1.82, 2.24) is 14.3 Å². The van der Waals surface area contributed by atoms with Crippen LogP contribution in [0.25, 0.3) is 11.1 Å². The minimum Gasteiger partial charge on any atom is -0.481 e. The molecule has 2 N–H and O–H groups in total. The van der Waals surface area contributed by atoms with Gasteiger partial charge in [0.25, 0.3) is 0 Å². The molecule has 0 radical (unpaired) electrons. The number of nitrogens with one attached hydrogen (secondary N) is 1. The van der Waals surface area contributed by atoms with Crippen molar-refractivity contribution < 1.29 is 18.3 Å². The maximum atomic E-state index is 13.1. The zero-order chi connectivity index (χ0) is 22.7. The summed E-state index contributed by atoms with van der Waals surface area (Å²) >= 11 is 0. The van der Waals surface area contributed by atoms with Crippen molar-refractivity contribution >= 4 is 15.8 Å². The molecule has 0 spiro atoms. The number of rotatable bonds is 6. The molecule has 0 aliphatic carbocycles. The number of aliphatic hydroxyl groups excluding tert-OH is 1.